The van der Waals surface area contributed by atoms with Crippen LogP contribution >= 0.6 is 0 Å². The summed E-state index contributed by atoms with van der Waals surface area (Å²) < 4.78 is 7.07. The third kappa shape index (κ3) is 4.87. The Morgan fingerprint density at radius 2 is 1.79 bits per heavy atom. The average Bonchev–Trinajstić information content (AvgIpc) is 3.18. The Labute approximate surface area is 192 Å². The van der Waals surface area contributed by atoms with Crippen molar-refractivity contribution >= 4 is 28.5 Å². The van der Waals surface area contributed by atoms with Crippen molar-refractivity contribution in [2.75, 3.05) is 12.4 Å². The van der Waals surface area contributed by atoms with Crippen molar-refractivity contribution in [2.24, 2.45) is 0 Å². The van der Waals surface area contributed by atoms with Gasteiger partial charge in [0.2, 0.25) is 5.91 Å². The second kappa shape index (κ2) is 9.56. The molecule has 7 heteroatoms. The summed E-state index contributed by atoms with van der Waals surface area (Å²) in [5.74, 6) is 0.887. The monoisotopic (exact) mass is 442 g/mol. The van der Waals surface area contributed by atoms with E-state index in [0.717, 1.165) is 16.6 Å². The Hall–Kier alpha value is -4.13. The number of nitrogens with one attached hydrogen (secondary N) is 2. The van der Waals surface area contributed by atoms with Gasteiger partial charge in [0.1, 0.15) is 18.1 Å². The van der Waals surface area contributed by atoms with Gasteiger partial charge in [0.15, 0.2) is 0 Å². The molecule has 7 nitrogen and oxygen atoms in total. The van der Waals surface area contributed by atoms with Crippen molar-refractivity contribution in [2.45, 2.75) is 26.4 Å². The normalized spacial score (nSPS) is 11.7. The highest BCUT2D eigenvalue weighted by molar-refractivity contribution is 5.96. The first-order chi connectivity index (χ1) is 16.0. The fourth-order valence-corrected chi connectivity index (χ4v) is 3.80. The highest BCUT2D eigenvalue weighted by atomic mass is 16.5. The number of carbonyl (C=O) groups excluding carboxylic acids is 2. The predicted molar refractivity (Wildman–Crippen MR) is 128 cm³/mol. The van der Waals surface area contributed by atoms with Crippen molar-refractivity contribution in [3.8, 4) is 5.75 Å². The number of carbonyl (C=O) groups is 2. The number of fused-ring (bicyclic) bond motifs is 1. The Morgan fingerprint density at radius 3 is 2.58 bits per heavy atom. The van der Waals surface area contributed by atoms with Crippen molar-refractivity contribution in [3.63, 3.8) is 0 Å². The highest BCUT2D eigenvalue weighted by Gasteiger charge is 2.21. The zero-order valence-corrected chi connectivity index (χ0v) is 18.8. The van der Waals surface area contributed by atoms with Crippen LogP contribution in [-0.4, -0.2) is 28.5 Å². The lowest BCUT2D eigenvalue weighted by Gasteiger charge is -2.17. The molecule has 1 unspecified atom stereocenters. The standard InChI is InChI=1S/C26H26N4O3/c1-17-9-4-5-12-21(17)26(32)27-18(2)25-29-22-13-6-7-14-23(22)30(25)16-24(31)28-19-10-8-11-20(15-19)33-3/h4-15,18H,16H2,1-3H3,(H,27,32)(H,28,31). The summed E-state index contributed by atoms with van der Waals surface area (Å²) in [6, 6.07) is 21.8. The van der Waals surface area contributed by atoms with E-state index in [1.807, 2.05) is 73.0 Å². The molecule has 1 atom stereocenters. The van der Waals surface area contributed by atoms with E-state index in [9.17, 15) is 9.59 Å². The number of hydrogen-bond acceptors (Lipinski definition) is 4. The maximum absolute atomic E-state index is 12.9. The van der Waals surface area contributed by atoms with Crippen LogP contribution < -0.4 is 15.4 Å². The van der Waals surface area contributed by atoms with Gasteiger partial charge < -0.3 is 19.9 Å². The summed E-state index contributed by atoms with van der Waals surface area (Å²) >= 11 is 0. The van der Waals surface area contributed by atoms with Gasteiger partial charge in [0, 0.05) is 17.3 Å². The Balaban J connectivity index is 1.59. The van der Waals surface area contributed by atoms with Crippen molar-refractivity contribution < 1.29 is 14.3 Å². The summed E-state index contributed by atoms with van der Waals surface area (Å²) in [7, 11) is 1.58. The second-order valence-electron chi connectivity index (χ2n) is 7.84. The number of anilines is 1. The molecule has 0 radical (unpaired) electrons. The molecule has 0 aliphatic carbocycles. The minimum atomic E-state index is -0.408. The number of ether oxygens (including phenoxy) is 1. The number of hydrogen-bond donors (Lipinski definition) is 2. The summed E-state index contributed by atoms with van der Waals surface area (Å²) in [5.41, 5.74) is 3.74. The van der Waals surface area contributed by atoms with Crippen molar-refractivity contribution in [1.29, 1.82) is 0 Å². The number of rotatable bonds is 7. The van der Waals surface area contributed by atoms with Gasteiger partial charge in [-0.2, -0.15) is 0 Å². The van der Waals surface area contributed by atoms with E-state index < -0.39 is 6.04 Å². The molecule has 0 saturated heterocycles. The summed E-state index contributed by atoms with van der Waals surface area (Å²) in [5, 5.41) is 5.93. The predicted octanol–water partition coefficient (Wildman–Crippen LogP) is 4.48. The van der Waals surface area contributed by atoms with Gasteiger partial charge >= 0.3 is 0 Å². The van der Waals surface area contributed by atoms with E-state index in [1.165, 1.54) is 0 Å². The van der Waals surface area contributed by atoms with Gasteiger partial charge in [0.05, 0.1) is 24.2 Å². The third-order valence-electron chi connectivity index (χ3n) is 5.46. The lowest BCUT2D eigenvalue weighted by Crippen LogP contribution is -2.30. The molecule has 2 N–H and O–H groups in total. The van der Waals surface area contributed by atoms with E-state index >= 15 is 0 Å². The number of amides is 2. The van der Waals surface area contributed by atoms with Gasteiger partial charge in [-0.15, -0.1) is 0 Å². The SMILES string of the molecule is COc1cccc(NC(=O)Cn2c(C(C)NC(=O)c3ccccc3C)nc3ccccc32)c1. The molecule has 3 aromatic carbocycles. The molecule has 0 bridgehead atoms. The minimum Gasteiger partial charge on any atom is -0.497 e. The fourth-order valence-electron chi connectivity index (χ4n) is 3.80. The van der Waals surface area contributed by atoms with Crippen LogP contribution in [0.15, 0.2) is 72.8 Å². The largest absolute Gasteiger partial charge is 0.497 e. The molecule has 0 aliphatic rings. The van der Waals surface area contributed by atoms with Gasteiger partial charge in [0.25, 0.3) is 5.91 Å². The van der Waals surface area contributed by atoms with Crippen LogP contribution in [0.1, 0.15) is 34.7 Å². The van der Waals surface area contributed by atoms with Crippen LogP contribution in [0.3, 0.4) is 0 Å². The molecule has 1 heterocycles. The van der Waals surface area contributed by atoms with E-state index in [4.69, 9.17) is 9.72 Å². The summed E-state index contributed by atoms with van der Waals surface area (Å²) in [4.78, 5) is 30.5. The number of methoxy groups -OCH3 is 1. The van der Waals surface area contributed by atoms with Crippen LogP contribution in [0.25, 0.3) is 11.0 Å². The molecule has 1 aromatic heterocycles. The average molecular weight is 443 g/mol. The number of nitrogens with zero attached hydrogens (tertiary/aromatic N) is 2. The minimum absolute atomic E-state index is 0.0532. The van der Waals surface area contributed by atoms with Gasteiger partial charge in [-0.25, -0.2) is 4.98 Å². The molecule has 4 aromatic rings. The Kier molecular flexibility index (Phi) is 6.40. The van der Waals surface area contributed by atoms with Crippen LogP contribution in [0.5, 0.6) is 5.75 Å². The maximum atomic E-state index is 12.9. The number of aryl methyl sites for hydroxylation is 1. The molecule has 4 rings (SSSR count). The molecule has 33 heavy (non-hydrogen) atoms. The Bertz CT molecular complexity index is 1310. The van der Waals surface area contributed by atoms with E-state index in [1.54, 1.807) is 25.3 Å². The van der Waals surface area contributed by atoms with Crippen LogP contribution in [0, 0.1) is 6.92 Å². The van der Waals surface area contributed by atoms with Gasteiger partial charge in [-0.3, -0.25) is 9.59 Å². The molecule has 0 saturated carbocycles. The zero-order chi connectivity index (χ0) is 23.4. The maximum Gasteiger partial charge on any atom is 0.252 e. The van der Waals surface area contributed by atoms with Gasteiger partial charge in [-0.1, -0.05) is 36.4 Å². The first kappa shape index (κ1) is 22.1. The van der Waals surface area contributed by atoms with Crippen LogP contribution in [-0.2, 0) is 11.3 Å². The molecule has 0 aliphatic heterocycles. The van der Waals surface area contributed by atoms with Crippen LogP contribution in [0.4, 0.5) is 5.69 Å². The lowest BCUT2D eigenvalue weighted by molar-refractivity contribution is -0.116. The lowest BCUT2D eigenvalue weighted by atomic mass is 10.1. The molecule has 2 amide bonds. The van der Waals surface area contributed by atoms with Crippen molar-refractivity contribution in [3.05, 3.63) is 89.7 Å². The van der Waals surface area contributed by atoms with E-state index in [2.05, 4.69) is 10.6 Å². The number of imidazole rings is 1. The Morgan fingerprint density at radius 1 is 1.03 bits per heavy atom. The van der Waals surface area contributed by atoms with Gasteiger partial charge in [-0.05, 0) is 49.7 Å². The molecule has 168 valence electrons. The first-order valence-electron chi connectivity index (χ1n) is 10.7. The van der Waals surface area contributed by atoms with Crippen LogP contribution in [0.2, 0.25) is 0 Å². The first-order valence-corrected chi connectivity index (χ1v) is 10.7. The smallest absolute Gasteiger partial charge is 0.252 e. The van der Waals surface area contributed by atoms with E-state index in [0.29, 0.717) is 22.8 Å². The number of para-hydroxylation sites is 2. The topological polar surface area (TPSA) is 85.2 Å². The molecular weight excluding hydrogens is 416 g/mol. The summed E-state index contributed by atoms with van der Waals surface area (Å²) in [6.07, 6.45) is 0. The number of benzene rings is 3. The quantitative estimate of drug-likeness (QED) is 0.442. The molecular formula is C26H26N4O3. The second-order valence-corrected chi connectivity index (χ2v) is 7.84. The number of aromatic nitrogens is 2. The fraction of sp³-hybridized carbons (Fsp3) is 0.192. The highest BCUT2D eigenvalue weighted by Crippen LogP contribution is 2.22. The van der Waals surface area contributed by atoms with Crippen molar-refractivity contribution in [1.82, 2.24) is 14.9 Å². The zero-order valence-electron chi connectivity index (χ0n) is 18.8. The summed E-state index contributed by atoms with van der Waals surface area (Å²) in [6.45, 7) is 3.82. The molecule has 0 fully saturated rings. The van der Waals surface area contributed by atoms with E-state index in [-0.39, 0.29) is 18.4 Å². The molecule has 0 spiro atoms. The third-order valence-corrected chi connectivity index (χ3v) is 5.46.